The number of benzene rings is 1. The Hall–Kier alpha value is -4.40. The van der Waals surface area contributed by atoms with Crippen LogP contribution in [0.3, 0.4) is 0 Å². The highest BCUT2D eigenvalue weighted by atomic mass is 16.6. The number of esters is 1. The molecule has 0 aliphatic carbocycles. The summed E-state index contributed by atoms with van der Waals surface area (Å²) in [4.78, 5) is 35.8. The Morgan fingerprint density at radius 1 is 1.05 bits per heavy atom. The second-order valence-electron chi connectivity index (χ2n) is 11.4. The van der Waals surface area contributed by atoms with E-state index in [0.29, 0.717) is 32.0 Å². The third kappa shape index (κ3) is 6.90. The third-order valence-electron chi connectivity index (χ3n) is 7.12. The topological polar surface area (TPSA) is 95.8 Å². The molecule has 0 spiro atoms. The molecule has 0 saturated heterocycles. The number of hydrogen-bond donors (Lipinski definition) is 0. The van der Waals surface area contributed by atoms with Gasteiger partial charge in [-0.25, -0.2) is 9.78 Å². The van der Waals surface area contributed by atoms with Crippen LogP contribution in [0.15, 0.2) is 67.1 Å². The Balaban J connectivity index is 1.28. The molecule has 9 nitrogen and oxygen atoms in total. The minimum absolute atomic E-state index is 0.216. The molecule has 5 rings (SSSR count). The maximum absolute atomic E-state index is 12.8. The summed E-state index contributed by atoms with van der Waals surface area (Å²) >= 11 is 0. The van der Waals surface area contributed by atoms with Gasteiger partial charge in [0.25, 0.3) is 0 Å². The van der Waals surface area contributed by atoms with E-state index in [-0.39, 0.29) is 24.5 Å². The number of carbonyl (C=O) groups is 2. The van der Waals surface area contributed by atoms with Gasteiger partial charge in [0.2, 0.25) is 0 Å². The maximum atomic E-state index is 12.8. The molecule has 0 bridgehead atoms. The van der Waals surface area contributed by atoms with Gasteiger partial charge in [0.1, 0.15) is 17.2 Å². The van der Waals surface area contributed by atoms with Crippen molar-refractivity contribution in [3.8, 4) is 5.75 Å². The van der Waals surface area contributed by atoms with Crippen LogP contribution >= 0.6 is 0 Å². The molecule has 4 aromatic rings. The molecule has 3 aromatic heterocycles. The molecule has 0 N–H and O–H groups in total. The van der Waals surface area contributed by atoms with Crippen LogP contribution in [0.1, 0.15) is 63.4 Å². The van der Waals surface area contributed by atoms with E-state index in [0.717, 1.165) is 46.3 Å². The van der Waals surface area contributed by atoms with Crippen molar-refractivity contribution >= 4 is 28.8 Å². The average Bonchev–Trinajstić information content (AvgIpc) is 3.38. The van der Waals surface area contributed by atoms with Crippen LogP contribution in [-0.4, -0.2) is 52.0 Å². The lowest BCUT2D eigenvalue weighted by atomic mass is 10.0. The predicted molar refractivity (Wildman–Crippen MR) is 161 cm³/mol. The van der Waals surface area contributed by atoms with E-state index in [4.69, 9.17) is 19.2 Å². The summed E-state index contributed by atoms with van der Waals surface area (Å²) in [5.74, 6) is 1.19. The van der Waals surface area contributed by atoms with Gasteiger partial charge in [-0.05, 0) is 94.1 Å². The number of anilines is 1. The standard InChI is InChI=1S/C33H38N4O5/c1-5-40-30(38)22-29(23-12-16-34-17-13-23)36-19-14-25-21-27(10-11-28(25)36)41-20-15-26-9-8-24-7-6-18-37(31(24)35-26)32(39)42-33(2,3)4/h8-14,16-17,19,21,29H,5-7,15,18,20,22H2,1-4H3. The fraction of sp³-hybridized carbons (Fsp3) is 0.394. The first kappa shape index (κ1) is 29.1. The molecule has 42 heavy (non-hydrogen) atoms. The molecule has 0 saturated carbocycles. The fourth-order valence-electron chi connectivity index (χ4n) is 5.23. The van der Waals surface area contributed by atoms with Crippen LogP contribution < -0.4 is 9.64 Å². The minimum atomic E-state index is -0.566. The van der Waals surface area contributed by atoms with Gasteiger partial charge in [0.05, 0.1) is 25.7 Å². The summed E-state index contributed by atoms with van der Waals surface area (Å²) < 4.78 is 19.1. The van der Waals surface area contributed by atoms with Crippen molar-refractivity contribution in [1.82, 2.24) is 14.5 Å². The SMILES string of the molecule is CCOC(=O)CC(c1ccncc1)n1ccc2cc(OCCc3ccc4c(n3)N(C(=O)OC(C)(C)C)CCC4)ccc21. The maximum Gasteiger partial charge on any atom is 0.416 e. The molecular formula is C33H38N4O5. The van der Waals surface area contributed by atoms with Crippen molar-refractivity contribution in [3.05, 3.63) is 83.9 Å². The number of aromatic nitrogens is 3. The molecule has 1 aromatic carbocycles. The first-order valence-corrected chi connectivity index (χ1v) is 14.5. The van der Waals surface area contributed by atoms with Crippen LogP contribution in [0.5, 0.6) is 5.75 Å². The molecule has 0 fully saturated rings. The van der Waals surface area contributed by atoms with E-state index in [1.165, 1.54) is 0 Å². The summed E-state index contributed by atoms with van der Waals surface area (Å²) in [6, 6.07) is 15.7. The lowest BCUT2D eigenvalue weighted by Crippen LogP contribution is -2.40. The highest BCUT2D eigenvalue weighted by Crippen LogP contribution is 2.31. The average molecular weight is 571 g/mol. The first-order valence-electron chi connectivity index (χ1n) is 14.5. The molecule has 4 heterocycles. The summed E-state index contributed by atoms with van der Waals surface area (Å²) in [6.07, 6.45) is 7.68. The highest BCUT2D eigenvalue weighted by Gasteiger charge is 2.28. The lowest BCUT2D eigenvalue weighted by molar-refractivity contribution is -0.143. The number of aryl methyl sites for hydroxylation is 1. The van der Waals surface area contributed by atoms with Crippen LogP contribution in [0.2, 0.25) is 0 Å². The molecule has 9 heteroatoms. The van der Waals surface area contributed by atoms with Gasteiger partial charge >= 0.3 is 12.1 Å². The molecule has 1 aliphatic heterocycles. The van der Waals surface area contributed by atoms with Crippen molar-refractivity contribution in [2.75, 3.05) is 24.7 Å². The molecule has 1 atom stereocenters. The molecule has 0 radical (unpaired) electrons. The molecule has 1 unspecified atom stereocenters. The second kappa shape index (κ2) is 12.6. The van der Waals surface area contributed by atoms with Gasteiger partial charge in [-0.2, -0.15) is 0 Å². The van der Waals surface area contributed by atoms with Crippen molar-refractivity contribution in [2.45, 2.75) is 65.0 Å². The largest absolute Gasteiger partial charge is 0.493 e. The van der Waals surface area contributed by atoms with E-state index in [9.17, 15) is 9.59 Å². The fourth-order valence-corrected chi connectivity index (χ4v) is 5.23. The Bertz CT molecular complexity index is 1540. The monoisotopic (exact) mass is 570 g/mol. The van der Waals surface area contributed by atoms with Gasteiger partial charge in [-0.15, -0.1) is 0 Å². The van der Waals surface area contributed by atoms with Gasteiger partial charge in [0, 0.05) is 48.2 Å². The highest BCUT2D eigenvalue weighted by molar-refractivity contribution is 5.88. The number of amides is 1. The number of nitrogens with zero attached hydrogens (tertiary/aromatic N) is 4. The quantitative estimate of drug-likeness (QED) is 0.219. The van der Waals surface area contributed by atoms with E-state index < -0.39 is 5.60 Å². The normalized spacial score (nSPS) is 13.9. The summed E-state index contributed by atoms with van der Waals surface area (Å²) in [5.41, 5.74) is 3.32. The molecule has 220 valence electrons. The van der Waals surface area contributed by atoms with Crippen molar-refractivity contribution in [3.63, 3.8) is 0 Å². The van der Waals surface area contributed by atoms with E-state index in [1.807, 2.05) is 76.4 Å². The Morgan fingerprint density at radius 3 is 2.62 bits per heavy atom. The Morgan fingerprint density at radius 2 is 1.86 bits per heavy atom. The smallest absolute Gasteiger partial charge is 0.416 e. The van der Waals surface area contributed by atoms with Crippen molar-refractivity contribution in [2.24, 2.45) is 0 Å². The van der Waals surface area contributed by atoms with E-state index in [2.05, 4.69) is 15.6 Å². The number of hydrogen-bond acceptors (Lipinski definition) is 7. The number of pyridine rings is 2. The van der Waals surface area contributed by atoms with E-state index in [1.54, 1.807) is 17.3 Å². The third-order valence-corrected chi connectivity index (χ3v) is 7.12. The zero-order chi connectivity index (χ0) is 29.7. The number of rotatable bonds is 9. The van der Waals surface area contributed by atoms with Gasteiger partial charge in [0.15, 0.2) is 0 Å². The van der Waals surface area contributed by atoms with Crippen LogP contribution in [0, 0.1) is 0 Å². The minimum Gasteiger partial charge on any atom is -0.493 e. The van der Waals surface area contributed by atoms with Gasteiger partial charge in [-0.1, -0.05) is 6.07 Å². The summed E-state index contributed by atoms with van der Waals surface area (Å²) in [6.45, 7) is 8.79. The van der Waals surface area contributed by atoms with Crippen molar-refractivity contribution in [1.29, 1.82) is 0 Å². The summed E-state index contributed by atoms with van der Waals surface area (Å²) in [7, 11) is 0. The lowest BCUT2D eigenvalue weighted by Gasteiger charge is -2.31. The number of ether oxygens (including phenoxy) is 3. The predicted octanol–water partition coefficient (Wildman–Crippen LogP) is 6.28. The summed E-state index contributed by atoms with van der Waals surface area (Å²) in [5, 5.41) is 1.01. The van der Waals surface area contributed by atoms with Crippen LogP contribution in [0.4, 0.5) is 10.6 Å². The van der Waals surface area contributed by atoms with Gasteiger partial charge in [-0.3, -0.25) is 14.7 Å². The zero-order valence-corrected chi connectivity index (χ0v) is 24.7. The Labute approximate surface area is 246 Å². The van der Waals surface area contributed by atoms with E-state index >= 15 is 0 Å². The van der Waals surface area contributed by atoms with Crippen LogP contribution in [-0.2, 0) is 27.1 Å². The number of fused-ring (bicyclic) bond motifs is 2. The number of carbonyl (C=O) groups excluding carboxylic acids is 2. The second-order valence-corrected chi connectivity index (χ2v) is 11.4. The Kier molecular flexibility index (Phi) is 8.75. The zero-order valence-electron chi connectivity index (χ0n) is 24.7. The van der Waals surface area contributed by atoms with Crippen LogP contribution in [0.25, 0.3) is 10.9 Å². The molecule has 1 aliphatic rings. The van der Waals surface area contributed by atoms with Gasteiger partial charge < -0.3 is 18.8 Å². The molecule has 1 amide bonds. The van der Waals surface area contributed by atoms with Crippen molar-refractivity contribution < 1.29 is 23.8 Å². The molecular weight excluding hydrogens is 532 g/mol. The first-order chi connectivity index (χ1) is 20.2.